The molecule has 0 bridgehead atoms. The Kier molecular flexibility index (Phi) is 5.20. The molecular weight excluding hydrogens is 302 g/mol. The van der Waals surface area contributed by atoms with E-state index < -0.39 is 17.9 Å². The first-order valence-electron chi connectivity index (χ1n) is 7.47. The molecule has 1 N–H and O–H groups in total. The van der Waals surface area contributed by atoms with Gasteiger partial charge in [0, 0.05) is 5.56 Å². The number of anilines is 1. The van der Waals surface area contributed by atoms with Crippen molar-refractivity contribution in [3.63, 3.8) is 0 Å². The molecule has 23 heavy (non-hydrogen) atoms. The van der Waals surface area contributed by atoms with Gasteiger partial charge in [0.05, 0.1) is 12.3 Å². The minimum atomic E-state index is -1.11. The van der Waals surface area contributed by atoms with Gasteiger partial charge < -0.3 is 14.6 Å². The van der Waals surface area contributed by atoms with Gasteiger partial charge in [0.15, 0.2) is 18.1 Å². The number of hydrogen-bond donors (Lipinski definition) is 1. The predicted molar refractivity (Wildman–Crippen MR) is 82.3 cm³/mol. The molecule has 1 aliphatic rings. The first-order valence-corrected chi connectivity index (χ1v) is 7.47. The van der Waals surface area contributed by atoms with E-state index in [-0.39, 0.29) is 18.7 Å². The molecule has 1 unspecified atom stereocenters. The van der Waals surface area contributed by atoms with Crippen LogP contribution >= 0.6 is 0 Å². The summed E-state index contributed by atoms with van der Waals surface area (Å²) in [5.74, 6) is -0.940. The standard InChI is InChI=1S/C16H19NO6/c1-3-5-22-13-7-10(8-18)6-12-15(13)23-9-14(19)17(12)11(4-2)16(20)21/h6-8,11H,3-5,9H2,1-2H3,(H,20,21). The average Bonchev–Trinajstić information content (AvgIpc) is 2.54. The number of ether oxygens (including phenoxy) is 2. The Hall–Kier alpha value is -2.57. The van der Waals surface area contributed by atoms with E-state index in [4.69, 9.17) is 9.47 Å². The lowest BCUT2D eigenvalue weighted by atomic mass is 10.1. The summed E-state index contributed by atoms with van der Waals surface area (Å²) in [5, 5.41) is 9.37. The van der Waals surface area contributed by atoms with E-state index in [0.717, 1.165) is 6.42 Å². The van der Waals surface area contributed by atoms with Crippen LogP contribution in [0.1, 0.15) is 37.0 Å². The van der Waals surface area contributed by atoms with Crippen molar-refractivity contribution in [2.75, 3.05) is 18.1 Å². The molecule has 2 rings (SSSR count). The number of carboxylic acid groups (broad SMARTS) is 1. The zero-order valence-corrected chi connectivity index (χ0v) is 13.1. The molecule has 124 valence electrons. The quantitative estimate of drug-likeness (QED) is 0.771. The van der Waals surface area contributed by atoms with Crippen LogP contribution in [-0.4, -0.2) is 42.5 Å². The molecule has 1 aromatic rings. The summed E-state index contributed by atoms with van der Waals surface area (Å²) in [6, 6.07) is 1.95. The van der Waals surface area contributed by atoms with Crippen molar-refractivity contribution in [3.05, 3.63) is 17.7 Å². The van der Waals surface area contributed by atoms with Crippen LogP contribution in [0.25, 0.3) is 0 Å². The first-order chi connectivity index (χ1) is 11.0. The van der Waals surface area contributed by atoms with Crippen molar-refractivity contribution in [3.8, 4) is 11.5 Å². The number of carboxylic acids is 1. The molecule has 0 saturated heterocycles. The second-order valence-corrected chi connectivity index (χ2v) is 5.15. The Bertz CT molecular complexity index is 627. The van der Waals surface area contributed by atoms with Crippen LogP contribution < -0.4 is 14.4 Å². The van der Waals surface area contributed by atoms with Gasteiger partial charge in [-0.05, 0) is 25.0 Å². The number of benzene rings is 1. The summed E-state index contributed by atoms with van der Waals surface area (Å²) in [7, 11) is 0. The molecule has 1 aromatic carbocycles. The van der Waals surface area contributed by atoms with Gasteiger partial charge in [0.2, 0.25) is 0 Å². The Morgan fingerprint density at radius 2 is 2.22 bits per heavy atom. The Balaban J connectivity index is 2.57. The van der Waals surface area contributed by atoms with Gasteiger partial charge in [-0.15, -0.1) is 0 Å². The average molecular weight is 321 g/mol. The number of fused-ring (bicyclic) bond motifs is 1. The summed E-state index contributed by atoms with van der Waals surface area (Å²) in [6.45, 7) is 3.77. The topological polar surface area (TPSA) is 93.1 Å². The highest BCUT2D eigenvalue weighted by Crippen LogP contribution is 2.42. The highest BCUT2D eigenvalue weighted by Gasteiger charge is 2.36. The molecule has 0 aromatic heterocycles. The zero-order chi connectivity index (χ0) is 17.0. The summed E-state index contributed by atoms with van der Waals surface area (Å²) < 4.78 is 11.0. The fourth-order valence-electron chi connectivity index (χ4n) is 2.47. The van der Waals surface area contributed by atoms with Crippen molar-refractivity contribution < 1.29 is 29.0 Å². The lowest BCUT2D eigenvalue weighted by molar-refractivity contribution is -0.140. The van der Waals surface area contributed by atoms with Crippen LogP contribution in [0.4, 0.5) is 5.69 Å². The van der Waals surface area contributed by atoms with Crippen LogP contribution in [0.3, 0.4) is 0 Å². The summed E-state index contributed by atoms with van der Waals surface area (Å²) in [5.41, 5.74) is 0.546. The molecule has 7 heteroatoms. The van der Waals surface area contributed by atoms with Crippen molar-refractivity contribution in [2.24, 2.45) is 0 Å². The lowest BCUT2D eigenvalue weighted by Gasteiger charge is -2.34. The highest BCUT2D eigenvalue weighted by molar-refractivity contribution is 6.04. The molecule has 1 heterocycles. The maximum Gasteiger partial charge on any atom is 0.326 e. The van der Waals surface area contributed by atoms with E-state index in [9.17, 15) is 19.5 Å². The normalized spacial score (nSPS) is 14.7. The third kappa shape index (κ3) is 3.28. The van der Waals surface area contributed by atoms with Gasteiger partial charge in [0.25, 0.3) is 5.91 Å². The third-order valence-corrected chi connectivity index (χ3v) is 3.51. The van der Waals surface area contributed by atoms with E-state index in [0.29, 0.717) is 30.0 Å². The number of hydrogen-bond acceptors (Lipinski definition) is 5. The molecule has 0 spiro atoms. The minimum absolute atomic E-state index is 0.233. The van der Waals surface area contributed by atoms with Crippen LogP contribution in [0, 0.1) is 0 Å². The third-order valence-electron chi connectivity index (χ3n) is 3.51. The van der Waals surface area contributed by atoms with Gasteiger partial charge in [-0.3, -0.25) is 14.5 Å². The largest absolute Gasteiger partial charge is 0.490 e. The fraction of sp³-hybridized carbons (Fsp3) is 0.438. The van der Waals surface area contributed by atoms with Crippen molar-refractivity contribution in [1.82, 2.24) is 0 Å². The lowest BCUT2D eigenvalue weighted by Crippen LogP contribution is -2.49. The molecule has 0 saturated carbocycles. The van der Waals surface area contributed by atoms with Gasteiger partial charge in [-0.25, -0.2) is 4.79 Å². The van der Waals surface area contributed by atoms with Crippen LogP contribution in [-0.2, 0) is 9.59 Å². The number of nitrogens with zero attached hydrogens (tertiary/aromatic N) is 1. The van der Waals surface area contributed by atoms with Crippen LogP contribution in [0.2, 0.25) is 0 Å². The number of aldehydes is 1. The second-order valence-electron chi connectivity index (χ2n) is 5.15. The van der Waals surface area contributed by atoms with E-state index in [1.165, 1.54) is 17.0 Å². The molecule has 0 fully saturated rings. The number of rotatable bonds is 7. The highest BCUT2D eigenvalue weighted by atomic mass is 16.5. The Morgan fingerprint density at radius 3 is 2.78 bits per heavy atom. The molecule has 1 atom stereocenters. The maximum absolute atomic E-state index is 12.2. The number of carbonyl (C=O) groups excluding carboxylic acids is 2. The van der Waals surface area contributed by atoms with Crippen LogP contribution in [0.5, 0.6) is 11.5 Å². The Labute approximate surface area is 133 Å². The number of amides is 1. The number of carbonyl (C=O) groups is 3. The maximum atomic E-state index is 12.2. The first kappa shape index (κ1) is 16.8. The van der Waals surface area contributed by atoms with Gasteiger partial charge in [0.1, 0.15) is 12.3 Å². The predicted octanol–water partition coefficient (Wildman–Crippen LogP) is 1.88. The number of aliphatic carboxylic acids is 1. The zero-order valence-electron chi connectivity index (χ0n) is 13.1. The monoisotopic (exact) mass is 321 g/mol. The van der Waals surface area contributed by atoms with Gasteiger partial charge >= 0.3 is 5.97 Å². The second kappa shape index (κ2) is 7.13. The van der Waals surface area contributed by atoms with Crippen molar-refractivity contribution in [1.29, 1.82) is 0 Å². The van der Waals surface area contributed by atoms with E-state index >= 15 is 0 Å². The van der Waals surface area contributed by atoms with E-state index in [1.54, 1.807) is 6.92 Å². The van der Waals surface area contributed by atoms with E-state index in [1.807, 2.05) is 6.92 Å². The van der Waals surface area contributed by atoms with E-state index in [2.05, 4.69) is 0 Å². The van der Waals surface area contributed by atoms with Crippen LogP contribution in [0.15, 0.2) is 12.1 Å². The molecule has 7 nitrogen and oxygen atoms in total. The fourth-order valence-corrected chi connectivity index (χ4v) is 2.47. The molecule has 1 amide bonds. The molecule has 1 aliphatic heterocycles. The van der Waals surface area contributed by atoms with Crippen molar-refractivity contribution in [2.45, 2.75) is 32.7 Å². The summed E-state index contributed by atoms with van der Waals surface area (Å²) in [4.78, 5) is 36.0. The minimum Gasteiger partial charge on any atom is -0.490 e. The molecule has 0 radical (unpaired) electrons. The summed E-state index contributed by atoms with van der Waals surface area (Å²) in [6.07, 6.45) is 1.62. The smallest absolute Gasteiger partial charge is 0.326 e. The molecular formula is C16H19NO6. The van der Waals surface area contributed by atoms with Crippen molar-refractivity contribution >= 4 is 23.9 Å². The summed E-state index contributed by atoms with van der Waals surface area (Å²) >= 11 is 0. The van der Waals surface area contributed by atoms with Gasteiger partial charge in [-0.2, -0.15) is 0 Å². The Morgan fingerprint density at radius 1 is 1.48 bits per heavy atom. The van der Waals surface area contributed by atoms with Gasteiger partial charge in [-0.1, -0.05) is 13.8 Å². The SMILES string of the molecule is CCCOc1cc(C=O)cc2c1OCC(=O)N2C(CC)C(=O)O. The molecule has 0 aliphatic carbocycles.